The van der Waals surface area contributed by atoms with Crippen molar-refractivity contribution in [3.8, 4) is 0 Å². The number of amides is 3. The summed E-state index contributed by atoms with van der Waals surface area (Å²) in [5.74, 6) is -0.103. The van der Waals surface area contributed by atoms with E-state index >= 15 is 0 Å². The quantitative estimate of drug-likeness (QED) is 0.751. The minimum absolute atomic E-state index is 0.0737. The van der Waals surface area contributed by atoms with Crippen molar-refractivity contribution in [2.24, 2.45) is 0 Å². The molecule has 3 amide bonds. The van der Waals surface area contributed by atoms with Crippen molar-refractivity contribution in [2.75, 3.05) is 11.9 Å². The molecular formula is C12H19BrN2O2. The molecule has 2 atom stereocenters. The lowest BCUT2D eigenvalue weighted by Gasteiger charge is -2.30. The summed E-state index contributed by atoms with van der Waals surface area (Å²) in [6, 6.07) is 0.318. The zero-order valence-electron chi connectivity index (χ0n) is 10.2. The Bertz CT molecular complexity index is 322. The van der Waals surface area contributed by atoms with Gasteiger partial charge in [0.05, 0.1) is 12.1 Å². The Morgan fingerprint density at radius 1 is 1.35 bits per heavy atom. The minimum Gasteiger partial charge on any atom is -0.319 e. The zero-order chi connectivity index (χ0) is 12.4. The Balaban J connectivity index is 2.16. The van der Waals surface area contributed by atoms with E-state index in [2.05, 4.69) is 15.9 Å². The topological polar surface area (TPSA) is 40.6 Å². The number of hydrogen-bond acceptors (Lipinski definition) is 2. The van der Waals surface area contributed by atoms with E-state index in [0.29, 0.717) is 0 Å². The number of alkyl halides is 1. The van der Waals surface area contributed by atoms with Crippen molar-refractivity contribution >= 4 is 27.9 Å². The summed E-state index contributed by atoms with van der Waals surface area (Å²) in [7, 11) is 0. The second kappa shape index (κ2) is 5.38. The van der Waals surface area contributed by atoms with Crippen molar-refractivity contribution in [3.63, 3.8) is 0 Å². The fourth-order valence-electron chi connectivity index (χ4n) is 3.04. The molecule has 1 saturated carbocycles. The van der Waals surface area contributed by atoms with Gasteiger partial charge in [-0.15, -0.1) is 0 Å². The molecule has 96 valence electrons. The molecule has 2 fully saturated rings. The van der Waals surface area contributed by atoms with Crippen molar-refractivity contribution in [3.05, 3.63) is 0 Å². The summed E-state index contributed by atoms with van der Waals surface area (Å²) in [5.41, 5.74) is 0. The number of nitrogens with zero attached hydrogens (tertiary/aromatic N) is 2. The molecule has 0 aromatic carbocycles. The van der Waals surface area contributed by atoms with Gasteiger partial charge in [0.15, 0.2) is 0 Å². The lowest BCUT2D eigenvalue weighted by atomic mass is 9.90. The molecule has 0 bridgehead atoms. The largest absolute Gasteiger partial charge is 0.327 e. The van der Waals surface area contributed by atoms with Gasteiger partial charge in [-0.2, -0.15) is 0 Å². The molecular weight excluding hydrogens is 284 g/mol. The average molecular weight is 303 g/mol. The van der Waals surface area contributed by atoms with Gasteiger partial charge in [-0.05, 0) is 19.3 Å². The Kier molecular flexibility index (Phi) is 4.07. The van der Waals surface area contributed by atoms with Gasteiger partial charge >= 0.3 is 6.03 Å². The summed E-state index contributed by atoms with van der Waals surface area (Å²) in [4.78, 5) is 27.2. The summed E-state index contributed by atoms with van der Waals surface area (Å²) in [6.07, 6.45) is 5.26. The van der Waals surface area contributed by atoms with Crippen LogP contribution in [0.5, 0.6) is 0 Å². The molecule has 17 heavy (non-hydrogen) atoms. The summed E-state index contributed by atoms with van der Waals surface area (Å²) >= 11 is 3.39. The van der Waals surface area contributed by atoms with Gasteiger partial charge in [0.25, 0.3) is 0 Å². The summed E-state index contributed by atoms with van der Waals surface area (Å²) in [5, 5.41) is 0.897. The summed E-state index contributed by atoms with van der Waals surface area (Å²) < 4.78 is 0. The van der Waals surface area contributed by atoms with Gasteiger partial charge in [-0.3, -0.25) is 9.69 Å². The van der Waals surface area contributed by atoms with E-state index in [-0.39, 0.29) is 24.0 Å². The number of carbonyl (C=O) groups is 2. The molecule has 2 unspecified atom stereocenters. The number of fused-ring (bicyclic) bond motifs is 1. The van der Waals surface area contributed by atoms with Crippen molar-refractivity contribution in [1.29, 1.82) is 0 Å². The first-order valence-corrected chi connectivity index (χ1v) is 7.45. The molecule has 1 heterocycles. The van der Waals surface area contributed by atoms with Crippen LogP contribution in [0.3, 0.4) is 0 Å². The SMILES string of the molecule is CC(=O)N1C(=O)N(CCCBr)C2CCCCC21. The molecule has 0 spiro atoms. The number of hydrogen-bond donors (Lipinski definition) is 0. The number of imide groups is 1. The first-order valence-electron chi connectivity index (χ1n) is 6.33. The maximum atomic E-state index is 12.2. The van der Waals surface area contributed by atoms with E-state index in [9.17, 15) is 9.59 Å². The molecule has 1 aliphatic carbocycles. The predicted molar refractivity (Wildman–Crippen MR) is 69.1 cm³/mol. The second-order valence-corrected chi connectivity index (χ2v) is 5.62. The fourth-order valence-corrected chi connectivity index (χ4v) is 3.29. The van der Waals surface area contributed by atoms with Crippen molar-refractivity contribution in [1.82, 2.24) is 9.80 Å². The van der Waals surface area contributed by atoms with E-state index < -0.39 is 0 Å². The summed E-state index contributed by atoms with van der Waals surface area (Å²) in [6.45, 7) is 2.26. The maximum absolute atomic E-state index is 12.2. The van der Waals surface area contributed by atoms with E-state index in [1.807, 2.05) is 4.90 Å². The van der Waals surface area contributed by atoms with Crippen LogP contribution < -0.4 is 0 Å². The van der Waals surface area contributed by atoms with Gasteiger partial charge in [0.2, 0.25) is 5.91 Å². The van der Waals surface area contributed by atoms with E-state index in [4.69, 9.17) is 0 Å². The molecule has 5 heteroatoms. The van der Waals surface area contributed by atoms with E-state index in [0.717, 1.165) is 37.6 Å². The molecule has 1 aliphatic heterocycles. The lowest BCUT2D eigenvalue weighted by Crippen LogP contribution is -2.41. The van der Waals surface area contributed by atoms with Crippen LogP contribution in [0.4, 0.5) is 4.79 Å². The Morgan fingerprint density at radius 2 is 2.00 bits per heavy atom. The monoisotopic (exact) mass is 302 g/mol. The predicted octanol–water partition coefficient (Wildman–Crippen LogP) is 2.37. The van der Waals surface area contributed by atoms with Crippen LogP contribution in [0, 0.1) is 0 Å². The van der Waals surface area contributed by atoms with Crippen LogP contribution in [0.15, 0.2) is 0 Å². The number of halogens is 1. The van der Waals surface area contributed by atoms with Gasteiger partial charge in [-0.25, -0.2) is 4.79 Å². The molecule has 4 nitrogen and oxygen atoms in total. The Labute approximate surface area is 110 Å². The van der Waals surface area contributed by atoms with Crippen LogP contribution in [0.25, 0.3) is 0 Å². The fraction of sp³-hybridized carbons (Fsp3) is 0.833. The second-order valence-electron chi connectivity index (χ2n) is 4.83. The molecule has 0 N–H and O–H groups in total. The third-order valence-electron chi connectivity index (χ3n) is 3.75. The molecule has 0 aromatic rings. The Hall–Kier alpha value is -0.580. The number of urea groups is 1. The zero-order valence-corrected chi connectivity index (χ0v) is 11.8. The van der Waals surface area contributed by atoms with E-state index in [1.165, 1.54) is 18.2 Å². The molecule has 2 rings (SSSR count). The molecule has 0 radical (unpaired) electrons. The van der Waals surface area contributed by atoms with Gasteiger partial charge in [0, 0.05) is 18.8 Å². The standard InChI is InChI=1S/C12H19BrN2O2/c1-9(16)15-11-6-3-2-5-10(11)14(12(15)17)8-4-7-13/h10-11H,2-8H2,1H3. The smallest absolute Gasteiger partial charge is 0.319 e. The third-order valence-corrected chi connectivity index (χ3v) is 4.31. The van der Waals surface area contributed by atoms with Gasteiger partial charge in [0.1, 0.15) is 0 Å². The molecule has 1 saturated heterocycles. The van der Waals surface area contributed by atoms with E-state index in [1.54, 1.807) is 0 Å². The highest BCUT2D eigenvalue weighted by atomic mass is 79.9. The normalized spacial score (nSPS) is 28.5. The maximum Gasteiger partial charge on any atom is 0.327 e. The number of carbonyl (C=O) groups excluding carboxylic acids is 2. The van der Waals surface area contributed by atoms with Gasteiger partial charge < -0.3 is 4.90 Å². The Morgan fingerprint density at radius 3 is 2.59 bits per heavy atom. The average Bonchev–Trinajstić information content (AvgIpc) is 2.58. The van der Waals surface area contributed by atoms with Crippen LogP contribution in [0.1, 0.15) is 39.0 Å². The van der Waals surface area contributed by atoms with Crippen LogP contribution in [-0.2, 0) is 4.79 Å². The van der Waals surface area contributed by atoms with Crippen molar-refractivity contribution in [2.45, 2.75) is 51.1 Å². The highest BCUT2D eigenvalue weighted by Gasteiger charge is 2.47. The van der Waals surface area contributed by atoms with Gasteiger partial charge in [-0.1, -0.05) is 28.8 Å². The highest BCUT2D eigenvalue weighted by Crippen LogP contribution is 2.34. The van der Waals surface area contributed by atoms with Crippen molar-refractivity contribution < 1.29 is 9.59 Å². The lowest BCUT2D eigenvalue weighted by molar-refractivity contribution is -0.127. The van der Waals surface area contributed by atoms with Crippen LogP contribution >= 0.6 is 15.9 Å². The third kappa shape index (κ3) is 2.34. The number of rotatable bonds is 3. The highest BCUT2D eigenvalue weighted by molar-refractivity contribution is 9.09. The molecule has 0 aromatic heterocycles. The minimum atomic E-state index is -0.103. The first-order chi connectivity index (χ1) is 8.16. The van der Waals surface area contributed by atoms with Crippen LogP contribution in [-0.4, -0.2) is 45.7 Å². The van der Waals surface area contributed by atoms with Crippen LogP contribution in [0.2, 0.25) is 0 Å². The molecule has 2 aliphatic rings. The first kappa shape index (κ1) is 12.9.